The number of rotatable bonds is 9. The lowest BCUT2D eigenvalue weighted by atomic mass is 9.94. The second kappa shape index (κ2) is 10.5. The summed E-state index contributed by atoms with van der Waals surface area (Å²) < 4.78 is 49.3. The van der Waals surface area contributed by atoms with Crippen LogP contribution in [0.4, 0.5) is 5.69 Å². The molecule has 1 aliphatic rings. The van der Waals surface area contributed by atoms with Gasteiger partial charge in [-0.3, -0.25) is 14.8 Å². The molecule has 1 aromatic heterocycles. The van der Waals surface area contributed by atoms with Crippen LogP contribution in [0.25, 0.3) is 10.4 Å². The number of hydrogen-bond acceptors (Lipinski definition) is 8. The normalized spacial score (nSPS) is 19.9. The van der Waals surface area contributed by atoms with Gasteiger partial charge in [0.1, 0.15) is 4.75 Å². The van der Waals surface area contributed by atoms with E-state index in [1.165, 1.54) is 11.3 Å². The van der Waals surface area contributed by atoms with Gasteiger partial charge in [0.05, 0.1) is 18.4 Å². The van der Waals surface area contributed by atoms with E-state index >= 15 is 0 Å². The Hall–Kier alpha value is -2.32. The SMILES string of the molecule is CS(=O)(=O)NCCC(=O)Nc1cccc(-c2ccc([C@@]3(CC(=O)NO)CCCCS3(=O)=O)s2)c1. The van der Waals surface area contributed by atoms with Crippen molar-refractivity contribution in [1.82, 2.24) is 10.2 Å². The van der Waals surface area contributed by atoms with E-state index in [1.807, 2.05) is 6.07 Å². The van der Waals surface area contributed by atoms with Crippen LogP contribution in [-0.2, 0) is 34.2 Å². The van der Waals surface area contributed by atoms with Crippen LogP contribution in [0.1, 0.15) is 37.0 Å². The molecule has 186 valence electrons. The third-order valence-electron chi connectivity index (χ3n) is 5.61. The number of sulfone groups is 1. The Morgan fingerprint density at radius 2 is 1.91 bits per heavy atom. The number of benzene rings is 1. The maximum atomic E-state index is 13.1. The minimum absolute atomic E-state index is 0.0172. The molecule has 1 fully saturated rings. The fourth-order valence-corrected chi connectivity index (χ4v) is 8.22. The molecule has 4 N–H and O–H groups in total. The molecule has 34 heavy (non-hydrogen) atoms. The van der Waals surface area contributed by atoms with Crippen LogP contribution < -0.4 is 15.5 Å². The van der Waals surface area contributed by atoms with Crippen LogP contribution in [-0.4, -0.2) is 52.4 Å². The topological polar surface area (TPSA) is 159 Å². The number of carbonyl (C=O) groups excluding carboxylic acids is 2. The molecule has 0 aliphatic carbocycles. The van der Waals surface area contributed by atoms with Crippen molar-refractivity contribution in [2.75, 3.05) is 23.9 Å². The van der Waals surface area contributed by atoms with Gasteiger partial charge in [0.2, 0.25) is 21.8 Å². The van der Waals surface area contributed by atoms with E-state index in [1.54, 1.807) is 35.8 Å². The Balaban J connectivity index is 1.82. The Kier molecular flexibility index (Phi) is 8.14. The number of hydrogen-bond donors (Lipinski definition) is 4. The quantitative estimate of drug-likeness (QED) is 0.285. The minimum Gasteiger partial charge on any atom is -0.326 e. The number of hydroxylamine groups is 1. The molecule has 2 heterocycles. The second-order valence-corrected chi connectivity index (χ2v) is 13.5. The molecule has 13 heteroatoms. The van der Waals surface area contributed by atoms with E-state index in [0.717, 1.165) is 16.7 Å². The zero-order valence-corrected chi connectivity index (χ0v) is 21.0. The summed E-state index contributed by atoms with van der Waals surface area (Å²) in [5.41, 5.74) is 2.81. The van der Waals surface area contributed by atoms with Gasteiger partial charge in [0.15, 0.2) is 9.84 Å². The fraction of sp³-hybridized carbons (Fsp3) is 0.429. The molecule has 0 radical (unpaired) electrons. The first-order valence-corrected chi connectivity index (χ1v) is 14.9. The van der Waals surface area contributed by atoms with Crippen LogP contribution >= 0.6 is 11.3 Å². The molecule has 2 amide bonds. The molecule has 0 spiro atoms. The molecule has 1 aromatic carbocycles. The van der Waals surface area contributed by atoms with E-state index in [4.69, 9.17) is 5.21 Å². The van der Waals surface area contributed by atoms with Gasteiger partial charge in [-0.25, -0.2) is 27.0 Å². The highest BCUT2D eigenvalue weighted by molar-refractivity contribution is 7.92. The van der Waals surface area contributed by atoms with Crippen molar-refractivity contribution in [1.29, 1.82) is 0 Å². The Labute approximate surface area is 202 Å². The van der Waals surface area contributed by atoms with E-state index in [-0.39, 0.29) is 31.0 Å². The molecule has 1 atom stereocenters. The third kappa shape index (κ3) is 6.21. The summed E-state index contributed by atoms with van der Waals surface area (Å²) in [5.74, 6) is -1.13. The highest BCUT2D eigenvalue weighted by Crippen LogP contribution is 2.47. The van der Waals surface area contributed by atoms with Crippen LogP contribution in [0.15, 0.2) is 36.4 Å². The van der Waals surface area contributed by atoms with E-state index in [0.29, 0.717) is 29.8 Å². The molecule has 10 nitrogen and oxygen atoms in total. The number of amides is 2. The zero-order chi connectivity index (χ0) is 25.0. The maximum Gasteiger partial charge on any atom is 0.245 e. The van der Waals surface area contributed by atoms with E-state index in [9.17, 15) is 26.4 Å². The summed E-state index contributed by atoms with van der Waals surface area (Å²) in [6.07, 6.45) is 2.10. The van der Waals surface area contributed by atoms with Gasteiger partial charge in [-0.1, -0.05) is 18.6 Å². The molecule has 0 bridgehead atoms. The van der Waals surface area contributed by atoms with Crippen molar-refractivity contribution >= 4 is 48.7 Å². The van der Waals surface area contributed by atoms with Crippen molar-refractivity contribution in [2.45, 2.75) is 36.9 Å². The lowest BCUT2D eigenvalue weighted by Crippen LogP contribution is -2.43. The lowest BCUT2D eigenvalue weighted by Gasteiger charge is -2.35. The van der Waals surface area contributed by atoms with Crippen LogP contribution in [0.2, 0.25) is 0 Å². The Bertz CT molecular complexity index is 1270. The van der Waals surface area contributed by atoms with Gasteiger partial charge in [0, 0.05) is 28.4 Å². The number of nitrogens with one attached hydrogen (secondary N) is 3. The van der Waals surface area contributed by atoms with Crippen molar-refractivity contribution in [2.24, 2.45) is 0 Å². The lowest BCUT2D eigenvalue weighted by molar-refractivity contribution is -0.130. The maximum absolute atomic E-state index is 13.1. The molecule has 0 unspecified atom stereocenters. The molecule has 1 saturated heterocycles. The van der Waals surface area contributed by atoms with E-state index in [2.05, 4.69) is 10.0 Å². The third-order valence-corrected chi connectivity index (χ3v) is 10.4. The number of carbonyl (C=O) groups is 2. The highest BCUT2D eigenvalue weighted by Gasteiger charge is 2.49. The molecule has 3 rings (SSSR count). The summed E-state index contributed by atoms with van der Waals surface area (Å²) in [6, 6.07) is 10.5. The first kappa shape index (κ1) is 26.3. The van der Waals surface area contributed by atoms with Gasteiger partial charge < -0.3 is 5.32 Å². The van der Waals surface area contributed by atoms with Gasteiger partial charge in [0.25, 0.3) is 0 Å². The van der Waals surface area contributed by atoms with Gasteiger partial charge in [-0.05, 0) is 42.7 Å². The molecule has 0 saturated carbocycles. The fourth-order valence-electron chi connectivity index (χ4n) is 3.98. The first-order valence-electron chi connectivity index (χ1n) is 10.6. The highest BCUT2D eigenvalue weighted by atomic mass is 32.2. The van der Waals surface area contributed by atoms with Crippen molar-refractivity contribution in [3.8, 4) is 10.4 Å². The standard InChI is InChI=1S/C21H27N3O7S3/c1-33(28,29)22-11-9-19(25)23-16-6-4-5-15(13-16)17-7-8-18(32-17)21(14-20(26)24-27)10-2-3-12-34(21,30)31/h4-8,13,22,27H,2-3,9-12,14H2,1H3,(H,23,25)(H,24,26)/t21-/m0/s1. The summed E-state index contributed by atoms with van der Waals surface area (Å²) in [7, 11) is -7.00. The average Bonchev–Trinajstić information content (AvgIpc) is 3.25. The largest absolute Gasteiger partial charge is 0.326 e. The van der Waals surface area contributed by atoms with E-state index < -0.39 is 30.5 Å². The molecule has 1 aliphatic heterocycles. The Morgan fingerprint density at radius 3 is 2.59 bits per heavy atom. The van der Waals surface area contributed by atoms with Gasteiger partial charge >= 0.3 is 0 Å². The number of sulfonamides is 1. The summed E-state index contributed by atoms with van der Waals surface area (Å²) in [4.78, 5) is 25.4. The predicted octanol–water partition coefficient (Wildman–Crippen LogP) is 1.98. The van der Waals surface area contributed by atoms with Crippen molar-refractivity contribution < 1.29 is 31.6 Å². The summed E-state index contributed by atoms with van der Waals surface area (Å²) >= 11 is 1.26. The molecular formula is C21H27N3O7S3. The average molecular weight is 530 g/mol. The minimum atomic E-state index is -3.62. The van der Waals surface area contributed by atoms with Crippen molar-refractivity contribution in [3.63, 3.8) is 0 Å². The van der Waals surface area contributed by atoms with Gasteiger partial charge in [-0.15, -0.1) is 11.3 Å². The summed E-state index contributed by atoms with van der Waals surface area (Å²) in [5, 5.41) is 11.7. The summed E-state index contributed by atoms with van der Waals surface area (Å²) in [6.45, 7) is -0.0172. The molecular weight excluding hydrogens is 502 g/mol. The van der Waals surface area contributed by atoms with Crippen LogP contribution in [0.3, 0.4) is 0 Å². The number of thiophene rings is 1. The molecule has 2 aromatic rings. The second-order valence-electron chi connectivity index (χ2n) is 8.19. The van der Waals surface area contributed by atoms with Crippen LogP contribution in [0, 0.1) is 0 Å². The van der Waals surface area contributed by atoms with Gasteiger partial charge in [-0.2, -0.15) is 0 Å². The first-order chi connectivity index (χ1) is 16.0. The monoisotopic (exact) mass is 529 g/mol. The zero-order valence-electron chi connectivity index (χ0n) is 18.5. The van der Waals surface area contributed by atoms with Crippen LogP contribution in [0.5, 0.6) is 0 Å². The Morgan fingerprint density at radius 1 is 1.15 bits per heavy atom. The number of anilines is 1. The smallest absolute Gasteiger partial charge is 0.245 e. The predicted molar refractivity (Wildman–Crippen MR) is 130 cm³/mol. The van der Waals surface area contributed by atoms with Crippen molar-refractivity contribution in [3.05, 3.63) is 41.3 Å².